The van der Waals surface area contributed by atoms with Gasteiger partial charge in [-0.15, -0.1) is 0 Å². The van der Waals surface area contributed by atoms with Crippen molar-refractivity contribution in [2.24, 2.45) is 0 Å². The third kappa shape index (κ3) is 5.29. The molecule has 0 unspecified atom stereocenters. The average Bonchev–Trinajstić information content (AvgIpc) is 3.19. The molecule has 6 nitrogen and oxygen atoms in total. The Hall–Kier alpha value is -3.01. The zero-order chi connectivity index (χ0) is 21.0. The summed E-state index contributed by atoms with van der Waals surface area (Å²) in [4.78, 5) is 18.2. The summed E-state index contributed by atoms with van der Waals surface area (Å²) in [5, 5.41) is 9.79. The van der Waals surface area contributed by atoms with Gasteiger partial charge in [0.1, 0.15) is 6.33 Å². The minimum absolute atomic E-state index is 0.0970. The molecule has 0 spiro atoms. The highest BCUT2D eigenvalue weighted by atomic mass is 32.2. The first-order chi connectivity index (χ1) is 13.7. The molecule has 1 aromatic heterocycles. The van der Waals surface area contributed by atoms with E-state index in [9.17, 15) is 18.0 Å². The Labute approximate surface area is 169 Å². The number of hydrogen-bond acceptors (Lipinski definition) is 5. The number of nitrogens with one attached hydrogen (secondary N) is 2. The molecule has 10 heteroatoms. The van der Waals surface area contributed by atoms with Crippen molar-refractivity contribution in [3.63, 3.8) is 0 Å². The number of alkyl halides is 3. The van der Waals surface area contributed by atoms with Crippen LogP contribution in [-0.4, -0.2) is 35.2 Å². The first kappa shape index (κ1) is 20.7. The average molecular weight is 421 g/mol. The number of aromatic amines is 1. The van der Waals surface area contributed by atoms with Crippen molar-refractivity contribution in [3.8, 4) is 0 Å². The number of aromatic nitrogens is 3. The van der Waals surface area contributed by atoms with Crippen LogP contribution in [0.2, 0.25) is 0 Å². The van der Waals surface area contributed by atoms with Gasteiger partial charge in [0.2, 0.25) is 0 Å². The van der Waals surface area contributed by atoms with Crippen molar-refractivity contribution in [2.75, 3.05) is 24.3 Å². The zero-order valence-corrected chi connectivity index (χ0v) is 16.4. The monoisotopic (exact) mass is 421 g/mol. The molecule has 0 saturated heterocycles. The predicted molar refractivity (Wildman–Crippen MR) is 106 cm³/mol. The van der Waals surface area contributed by atoms with Gasteiger partial charge < -0.3 is 10.2 Å². The molecule has 0 aliphatic carbocycles. The van der Waals surface area contributed by atoms with Crippen molar-refractivity contribution < 1.29 is 18.0 Å². The van der Waals surface area contributed by atoms with Gasteiger partial charge in [-0.25, -0.2) is 4.98 Å². The molecule has 0 radical (unpaired) electrons. The number of amides is 1. The summed E-state index contributed by atoms with van der Waals surface area (Å²) in [6.07, 6.45) is -3.07. The second-order valence-electron chi connectivity index (χ2n) is 6.35. The van der Waals surface area contributed by atoms with Gasteiger partial charge in [0.05, 0.1) is 16.9 Å². The molecule has 0 bridgehead atoms. The third-order valence-electron chi connectivity index (χ3n) is 4.04. The highest BCUT2D eigenvalue weighted by molar-refractivity contribution is 7.98. The lowest BCUT2D eigenvalue weighted by atomic mass is 10.1. The van der Waals surface area contributed by atoms with E-state index in [1.165, 1.54) is 24.2 Å². The summed E-state index contributed by atoms with van der Waals surface area (Å²) in [6.45, 7) is 0. The highest BCUT2D eigenvalue weighted by Gasteiger charge is 2.31. The van der Waals surface area contributed by atoms with Gasteiger partial charge in [-0.05, 0) is 35.9 Å². The zero-order valence-electron chi connectivity index (χ0n) is 15.6. The number of benzene rings is 2. The number of rotatable bonds is 6. The number of hydrogen-bond donors (Lipinski definition) is 2. The lowest BCUT2D eigenvalue weighted by Crippen LogP contribution is -2.18. The van der Waals surface area contributed by atoms with Crippen LogP contribution in [0.1, 0.15) is 21.5 Å². The number of thioether (sulfide) groups is 1. The Balaban J connectivity index is 1.73. The van der Waals surface area contributed by atoms with E-state index in [0.717, 1.165) is 17.7 Å². The van der Waals surface area contributed by atoms with Gasteiger partial charge in [0.25, 0.3) is 5.91 Å². The number of anilines is 2. The van der Waals surface area contributed by atoms with E-state index in [2.05, 4.69) is 20.5 Å². The summed E-state index contributed by atoms with van der Waals surface area (Å²) in [5.41, 5.74) is 1.07. The van der Waals surface area contributed by atoms with E-state index in [1.807, 2.05) is 0 Å². The molecule has 2 aromatic carbocycles. The van der Waals surface area contributed by atoms with Crippen molar-refractivity contribution >= 4 is 29.0 Å². The molecule has 0 atom stereocenters. The second-order valence-corrected chi connectivity index (χ2v) is 7.32. The SMILES string of the molecule is CN(C)c1ccc(C(F)(F)F)cc1NC(=O)c1ccc(CSc2ncn[nH]2)cc1. The fourth-order valence-electron chi connectivity index (χ4n) is 2.56. The number of carbonyl (C=O) groups is 1. The second kappa shape index (κ2) is 8.56. The van der Waals surface area contributed by atoms with Crippen LogP contribution < -0.4 is 10.2 Å². The summed E-state index contributed by atoms with van der Waals surface area (Å²) < 4.78 is 39.1. The van der Waals surface area contributed by atoms with E-state index in [4.69, 9.17) is 0 Å². The van der Waals surface area contributed by atoms with Crippen LogP contribution in [0.25, 0.3) is 0 Å². The number of halogens is 3. The maximum absolute atomic E-state index is 13.0. The van der Waals surface area contributed by atoms with E-state index in [1.54, 1.807) is 43.3 Å². The van der Waals surface area contributed by atoms with E-state index in [0.29, 0.717) is 22.2 Å². The lowest BCUT2D eigenvalue weighted by molar-refractivity contribution is -0.137. The Bertz CT molecular complexity index is 973. The standard InChI is InChI=1S/C19H18F3N5OS/c1-27(2)16-8-7-14(19(20,21)22)9-15(16)25-17(28)13-5-3-12(4-6-13)10-29-18-23-11-24-26-18/h3-9,11H,10H2,1-2H3,(H,25,28)(H,23,24,26). The maximum atomic E-state index is 13.0. The summed E-state index contributed by atoms with van der Waals surface area (Å²) in [6, 6.07) is 10.1. The molecule has 1 amide bonds. The van der Waals surface area contributed by atoms with Crippen LogP contribution in [0.3, 0.4) is 0 Å². The van der Waals surface area contributed by atoms with Crippen molar-refractivity contribution in [2.45, 2.75) is 17.1 Å². The quantitative estimate of drug-likeness (QED) is 0.576. The first-order valence-corrected chi connectivity index (χ1v) is 9.49. The Morgan fingerprint density at radius 2 is 1.90 bits per heavy atom. The molecule has 2 N–H and O–H groups in total. The largest absolute Gasteiger partial charge is 0.416 e. The molecule has 0 fully saturated rings. The number of carbonyl (C=O) groups excluding carboxylic acids is 1. The normalized spacial score (nSPS) is 11.3. The topological polar surface area (TPSA) is 73.9 Å². The molecule has 0 saturated carbocycles. The van der Waals surface area contributed by atoms with Crippen LogP contribution in [0, 0.1) is 0 Å². The Morgan fingerprint density at radius 3 is 2.48 bits per heavy atom. The molecule has 1 heterocycles. The van der Waals surface area contributed by atoms with Gasteiger partial charge in [-0.3, -0.25) is 9.89 Å². The van der Waals surface area contributed by atoms with Gasteiger partial charge in [-0.2, -0.15) is 18.3 Å². The van der Waals surface area contributed by atoms with Crippen LogP contribution in [-0.2, 0) is 11.9 Å². The molecule has 3 rings (SSSR count). The lowest BCUT2D eigenvalue weighted by Gasteiger charge is -2.20. The van der Waals surface area contributed by atoms with E-state index < -0.39 is 17.6 Å². The summed E-state index contributed by atoms with van der Waals surface area (Å²) >= 11 is 1.46. The predicted octanol–water partition coefficient (Wildman–Crippen LogP) is 4.43. The van der Waals surface area contributed by atoms with Crippen LogP contribution >= 0.6 is 11.8 Å². The highest BCUT2D eigenvalue weighted by Crippen LogP contribution is 2.35. The van der Waals surface area contributed by atoms with Crippen LogP contribution in [0.4, 0.5) is 24.5 Å². The first-order valence-electron chi connectivity index (χ1n) is 8.51. The van der Waals surface area contributed by atoms with Crippen molar-refractivity contribution in [1.29, 1.82) is 0 Å². The van der Waals surface area contributed by atoms with E-state index in [-0.39, 0.29) is 5.69 Å². The van der Waals surface area contributed by atoms with Crippen molar-refractivity contribution in [1.82, 2.24) is 15.2 Å². The summed E-state index contributed by atoms with van der Waals surface area (Å²) in [7, 11) is 3.39. The Morgan fingerprint density at radius 1 is 1.17 bits per heavy atom. The van der Waals surface area contributed by atoms with Gasteiger partial charge in [0, 0.05) is 25.4 Å². The molecule has 0 aliphatic heterocycles. The van der Waals surface area contributed by atoms with Gasteiger partial charge in [0.15, 0.2) is 5.16 Å². The molecule has 152 valence electrons. The molecular weight excluding hydrogens is 403 g/mol. The molecule has 0 aliphatic rings. The van der Waals surface area contributed by atoms with Crippen LogP contribution in [0.5, 0.6) is 0 Å². The summed E-state index contributed by atoms with van der Waals surface area (Å²) in [5.74, 6) is 0.150. The molecular formula is C19H18F3N5OS. The maximum Gasteiger partial charge on any atom is 0.416 e. The fraction of sp³-hybridized carbons (Fsp3) is 0.211. The minimum atomic E-state index is -4.49. The molecule has 3 aromatic rings. The van der Waals surface area contributed by atoms with Gasteiger partial charge in [-0.1, -0.05) is 23.9 Å². The molecule has 29 heavy (non-hydrogen) atoms. The van der Waals surface area contributed by atoms with Crippen LogP contribution in [0.15, 0.2) is 53.9 Å². The smallest absolute Gasteiger partial charge is 0.376 e. The fourth-order valence-corrected chi connectivity index (χ4v) is 3.30. The minimum Gasteiger partial charge on any atom is -0.376 e. The number of H-pyrrole nitrogens is 1. The third-order valence-corrected chi connectivity index (χ3v) is 4.99. The Kier molecular flexibility index (Phi) is 6.12. The van der Waals surface area contributed by atoms with E-state index >= 15 is 0 Å². The van der Waals surface area contributed by atoms with Gasteiger partial charge >= 0.3 is 6.18 Å². The number of nitrogens with zero attached hydrogens (tertiary/aromatic N) is 3. The van der Waals surface area contributed by atoms with Crippen molar-refractivity contribution in [3.05, 3.63) is 65.5 Å².